The highest BCUT2D eigenvalue weighted by Crippen LogP contribution is 1.82. The molecule has 14 heavy (non-hydrogen) atoms. The van der Waals surface area contributed by atoms with E-state index >= 15 is 0 Å². The fourth-order valence-electron chi connectivity index (χ4n) is 0.637. The van der Waals surface area contributed by atoms with Gasteiger partial charge in [0.15, 0.2) is 0 Å². The Morgan fingerprint density at radius 1 is 1.21 bits per heavy atom. The Morgan fingerprint density at radius 2 is 1.79 bits per heavy atom. The van der Waals surface area contributed by atoms with Gasteiger partial charge in [-0.2, -0.15) is 0 Å². The first-order chi connectivity index (χ1) is 6.27. The third-order valence-electron chi connectivity index (χ3n) is 1.17. The van der Waals surface area contributed by atoms with Gasteiger partial charge < -0.3 is 4.90 Å². The molecule has 0 radical (unpaired) electrons. The van der Waals surface area contributed by atoms with E-state index in [9.17, 15) is 0 Å². The Kier molecular flexibility index (Phi) is 24.8. The van der Waals surface area contributed by atoms with E-state index in [0.29, 0.717) is 0 Å². The van der Waals surface area contributed by atoms with Crippen LogP contribution >= 0.6 is 12.4 Å². The molecule has 84 valence electrons. The molecule has 0 spiro atoms. The quantitative estimate of drug-likeness (QED) is 0.396. The molecule has 0 aromatic heterocycles. The molecule has 0 N–H and O–H groups in total. The van der Waals surface area contributed by atoms with E-state index in [1.165, 1.54) is 0 Å². The van der Waals surface area contributed by atoms with Gasteiger partial charge in [-0.3, -0.25) is 0 Å². The van der Waals surface area contributed by atoms with Crippen LogP contribution in [0.2, 0.25) is 0 Å². The first kappa shape index (κ1) is 19.0. The van der Waals surface area contributed by atoms with Crippen LogP contribution in [0.5, 0.6) is 0 Å². The molecule has 0 saturated carbocycles. The molecule has 0 aromatic carbocycles. The van der Waals surface area contributed by atoms with E-state index in [2.05, 4.69) is 48.1 Å². The predicted octanol–water partition coefficient (Wildman–Crippen LogP) is 2.36. The molecule has 0 saturated heterocycles. The second-order valence-corrected chi connectivity index (χ2v) is 2.61. The van der Waals surface area contributed by atoms with E-state index in [-0.39, 0.29) is 12.4 Å². The second kappa shape index (κ2) is 18.2. The summed E-state index contributed by atoms with van der Waals surface area (Å²) in [5.41, 5.74) is 0. The summed E-state index contributed by atoms with van der Waals surface area (Å²) >= 11 is 0. The standard InChI is InChI=1S/C8H17N3.C2H4.ClH/c1-4-9-8-10-6-5-7-11(2)3;1-2;/h4-7H2,1-3H3;1-2H2;1H. The summed E-state index contributed by atoms with van der Waals surface area (Å²) in [6.45, 7) is 10.7. The molecular weight excluding hydrogens is 198 g/mol. The fraction of sp³-hybridized carbons (Fsp3) is 0.700. The summed E-state index contributed by atoms with van der Waals surface area (Å²) in [6, 6.07) is 2.64. The smallest absolute Gasteiger partial charge is 0.0892 e. The minimum atomic E-state index is 0. The maximum atomic E-state index is 3.99. The molecule has 0 aromatic rings. The van der Waals surface area contributed by atoms with Gasteiger partial charge in [-0.1, -0.05) is 0 Å². The number of hydrogen-bond acceptors (Lipinski definition) is 3. The van der Waals surface area contributed by atoms with Crippen molar-refractivity contribution in [2.45, 2.75) is 13.3 Å². The maximum Gasteiger partial charge on any atom is 0.0892 e. The fourth-order valence-corrected chi connectivity index (χ4v) is 0.637. The van der Waals surface area contributed by atoms with Crippen molar-refractivity contribution < 1.29 is 0 Å². The lowest BCUT2D eigenvalue weighted by molar-refractivity contribution is 0.403. The van der Waals surface area contributed by atoms with Gasteiger partial charge in [-0.25, -0.2) is 9.98 Å². The van der Waals surface area contributed by atoms with Crippen LogP contribution < -0.4 is 0 Å². The van der Waals surface area contributed by atoms with Gasteiger partial charge in [0.2, 0.25) is 0 Å². The van der Waals surface area contributed by atoms with Gasteiger partial charge in [-0.15, -0.1) is 25.6 Å². The summed E-state index contributed by atoms with van der Waals surface area (Å²) in [7, 11) is 4.12. The molecule has 0 fully saturated rings. The van der Waals surface area contributed by atoms with E-state index in [0.717, 1.165) is 26.1 Å². The molecule has 0 atom stereocenters. The average Bonchev–Trinajstić information content (AvgIpc) is 2.14. The Hall–Kier alpha value is -0.630. The Balaban J connectivity index is -0.000000376. The molecule has 0 amide bonds. The van der Waals surface area contributed by atoms with Crippen molar-refractivity contribution in [1.29, 1.82) is 0 Å². The molecule has 0 unspecified atom stereocenters. The molecule has 0 aliphatic rings. The lowest BCUT2D eigenvalue weighted by Crippen LogP contribution is -2.13. The molecule has 0 bridgehead atoms. The van der Waals surface area contributed by atoms with Crippen molar-refractivity contribution in [3.63, 3.8) is 0 Å². The van der Waals surface area contributed by atoms with Gasteiger partial charge in [0.25, 0.3) is 0 Å². The molecule has 0 rings (SSSR count). The van der Waals surface area contributed by atoms with Crippen molar-refractivity contribution in [2.24, 2.45) is 9.98 Å². The average molecular weight is 220 g/mol. The molecule has 0 aliphatic carbocycles. The predicted molar refractivity (Wildman–Crippen MR) is 66.9 cm³/mol. The lowest BCUT2D eigenvalue weighted by atomic mass is 10.4. The van der Waals surface area contributed by atoms with E-state index in [1.54, 1.807) is 0 Å². The highest BCUT2D eigenvalue weighted by Gasteiger charge is 1.86. The highest BCUT2D eigenvalue weighted by atomic mass is 35.5. The van der Waals surface area contributed by atoms with Crippen LogP contribution in [-0.2, 0) is 0 Å². The molecular formula is C10H22ClN3. The minimum Gasteiger partial charge on any atom is -0.309 e. The molecule has 0 heterocycles. The highest BCUT2D eigenvalue weighted by molar-refractivity contribution is 5.85. The topological polar surface area (TPSA) is 28.0 Å². The number of nitrogens with zero attached hydrogens (tertiary/aromatic N) is 3. The van der Waals surface area contributed by atoms with Crippen LogP contribution in [0.25, 0.3) is 0 Å². The van der Waals surface area contributed by atoms with Crippen LogP contribution in [0.3, 0.4) is 0 Å². The zero-order chi connectivity index (χ0) is 10.5. The monoisotopic (exact) mass is 219 g/mol. The van der Waals surface area contributed by atoms with Gasteiger partial charge in [-0.05, 0) is 34.0 Å². The maximum absolute atomic E-state index is 3.99. The normalized spacial score (nSPS) is 7.71. The van der Waals surface area contributed by atoms with Crippen LogP contribution in [0, 0.1) is 0 Å². The SMILES string of the molecule is C=C.CCN=C=NCCCN(C)C.Cl. The van der Waals surface area contributed by atoms with Crippen LogP contribution in [-0.4, -0.2) is 44.6 Å². The van der Waals surface area contributed by atoms with Gasteiger partial charge >= 0.3 is 0 Å². The van der Waals surface area contributed by atoms with Gasteiger partial charge in [0.1, 0.15) is 0 Å². The first-order valence-corrected chi connectivity index (χ1v) is 4.50. The van der Waals surface area contributed by atoms with Crippen molar-refractivity contribution >= 4 is 18.4 Å². The van der Waals surface area contributed by atoms with E-state index < -0.39 is 0 Å². The third-order valence-corrected chi connectivity index (χ3v) is 1.17. The van der Waals surface area contributed by atoms with E-state index in [4.69, 9.17) is 0 Å². The summed E-state index contributed by atoms with van der Waals surface area (Å²) in [5, 5.41) is 0. The van der Waals surface area contributed by atoms with Crippen LogP contribution in [0.15, 0.2) is 23.1 Å². The first-order valence-electron chi connectivity index (χ1n) is 4.50. The largest absolute Gasteiger partial charge is 0.309 e. The number of halogens is 1. The summed E-state index contributed by atoms with van der Waals surface area (Å²) in [6.07, 6.45) is 1.08. The van der Waals surface area contributed by atoms with Crippen molar-refractivity contribution in [3.05, 3.63) is 13.2 Å². The summed E-state index contributed by atoms with van der Waals surface area (Å²) < 4.78 is 0. The van der Waals surface area contributed by atoms with Crippen LogP contribution in [0.4, 0.5) is 0 Å². The number of rotatable bonds is 5. The third kappa shape index (κ3) is 22.5. The molecule has 0 aliphatic heterocycles. The Morgan fingerprint density at radius 3 is 2.21 bits per heavy atom. The van der Waals surface area contributed by atoms with Crippen molar-refractivity contribution in [3.8, 4) is 0 Å². The minimum absolute atomic E-state index is 0. The van der Waals surface area contributed by atoms with Gasteiger partial charge in [0, 0.05) is 6.54 Å². The van der Waals surface area contributed by atoms with Crippen LogP contribution in [0.1, 0.15) is 13.3 Å². The molecule has 3 nitrogen and oxygen atoms in total. The number of hydrogen-bond donors (Lipinski definition) is 0. The molecule has 4 heteroatoms. The zero-order valence-electron chi connectivity index (χ0n) is 9.49. The Bertz CT molecular complexity index is 151. The van der Waals surface area contributed by atoms with Crippen molar-refractivity contribution in [2.75, 3.05) is 33.7 Å². The second-order valence-electron chi connectivity index (χ2n) is 2.61. The summed E-state index contributed by atoms with van der Waals surface area (Å²) in [4.78, 5) is 9.99. The number of aliphatic imine (C=N–C) groups is 2. The Labute approximate surface area is 94.0 Å². The summed E-state index contributed by atoms with van der Waals surface area (Å²) in [5.74, 6) is 0. The zero-order valence-corrected chi connectivity index (χ0v) is 10.3. The van der Waals surface area contributed by atoms with Crippen molar-refractivity contribution in [1.82, 2.24) is 4.90 Å². The van der Waals surface area contributed by atoms with Gasteiger partial charge in [0.05, 0.1) is 12.6 Å². The van der Waals surface area contributed by atoms with E-state index in [1.807, 2.05) is 6.92 Å². The lowest BCUT2D eigenvalue weighted by Gasteiger charge is -2.05.